The molecule has 0 spiro atoms. The minimum atomic E-state index is -0.522. The number of rotatable bonds is 10. The molecule has 154 valence electrons. The molecule has 0 bridgehead atoms. The first-order chi connectivity index (χ1) is 13.2. The van der Waals surface area contributed by atoms with Crippen LogP contribution in [-0.4, -0.2) is 36.5 Å². The number of aliphatic hydroxyl groups is 1. The van der Waals surface area contributed by atoms with E-state index in [9.17, 15) is 5.11 Å². The highest BCUT2D eigenvalue weighted by atomic mass is 16.5. The third-order valence-corrected chi connectivity index (χ3v) is 4.79. The summed E-state index contributed by atoms with van der Waals surface area (Å²) in [7, 11) is 0. The maximum absolute atomic E-state index is 10.4. The third-order valence-electron chi connectivity index (χ3n) is 4.79. The maximum atomic E-state index is 10.4. The second kappa shape index (κ2) is 10.2. The molecule has 2 aromatic carbocycles. The molecular weight excluding hydrogens is 346 g/mol. The van der Waals surface area contributed by atoms with Crippen molar-refractivity contribution in [3.63, 3.8) is 0 Å². The van der Waals surface area contributed by atoms with Crippen LogP contribution in [0.25, 0.3) is 0 Å². The summed E-state index contributed by atoms with van der Waals surface area (Å²) in [5.41, 5.74) is 2.69. The van der Waals surface area contributed by atoms with E-state index in [0.29, 0.717) is 19.8 Å². The minimum absolute atomic E-state index is 0.0180. The van der Waals surface area contributed by atoms with Crippen LogP contribution in [0.4, 0.5) is 0 Å². The Balaban J connectivity index is 1.87. The van der Waals surface area contributed by atoms with E-state index in [1.54, 1.807) is 0 Å². The van der Waals surface area contributed by atoms with Gasteiger partial charge in [-0.05, 0) is 36.8 Å². The van der Waals surface area contributed by atoms with Crippen LogP contribution < -0.4 is 5.32 Å². The highest BCUT2D eigenvalue weighted by molar-refractivity contribution is 5.32. The van der Waals surface area contributed by atoms with Crippen LogP contribution in [0.1, 0.15) is 58.1 Å². The maximum Gasteiger partial charge on any atom is 0.0897 e. The van der Waals surface area contributed by atoms with E-state index in [2.05, 4.69) is 88.5 Å². The molecule has 0 fully saturated rings. The summed E-state index contributed by atoms with van der Waals surface area (Å²) < 4.78 is 5.94. The summed E-state index contributed by atoms with van der Waals surface area (Å²) in [6.45, 7) is 12.5. The molecule has 0 amide bonds. The fourth-order valence-corrected chi connectivity index (χ4v) is 3.92. The molecule has 3 heteroatoms. The summed E-state index contributed by atoms with van der Waals surface area (Å²) >= 11 is 0. The summed E-state index contributed by atoms with van der Waals surface area (Å²) in [5.74, 6) is 0.167. The van der Waals surface area contributed by atoms with E-state index in [1.165, 1.54) is 11.1 Å². The van der Waals surface area contributed by atoms with Crippen molar-refractivity contribution in [1.29, 1.82) is 0 Å². The lowest BCUT2D eigenvalue weighted by Crippen LogP contribution is -2.46. The first-order valence-corrected chi connectivity index (χ1v) is 10.3. The van der Waals surface area contributed by atoms with Gasteiger partial charge in [-0.1, -0.05) is 81.4 Å². The van der Waals surface area contributed by atoms with Crippen molar-refractivity contribution in [2.75, 3.05) is 19.8 Å². The summed E-state index contributed by atoms with van der Waals surface area (Å²) in [5, 5.41) is 13.9. The predicted octanol–water partition coefficient (Wildman–Crippen LogP) is 5.00. The number of nitrogens with one attached hydrogen (secondary N) is 1. The number of hydrogen-bond acceptors (Lipinski definition) is 3. The lowest BCUT2D eigenvalue weighted by Gasteiger charge is -2.34. The lowest BCUT2D eigenvalue weighted by molar-refractivity contribution is 0.0294. The highest BCUT2D eigenvalue weighted by Crippen LogP contribution is 2.27. The van der Waals surface area contributed by atoms with Crippen molar-refractivity contribution < 1.29 is 9.84 Å². The molecule has 2 N–H and O–H groups in total. The molecule has 0 unspecified atom stereocenters. The molecule has 28 heavy (non-hydrogen) atoms. The van der Waals surface area contributed by atoms with Crippen LogP contribution in [0.2, 0.25) is 0 Å². The van der Waals surface area contributed by atoms with Crippen molar-refractivity contribution in [1.82, 2.24) is 5.32 Å². The van der Waals surface area contributed by atoms with E-state index in [4.69, 9.17) is 4.74 Å². The zero-order chi connectivity index (χ0) is 20.6. The SMILES string of the molecule is CC(C)(C)CC(C)(C)NC[C@H](O)COCC(c1ccccc1)c1ccccc1. The zero-order valence-corrected chi connectivity index (χ0v) is 18.1. The number of β-amino-alcohol motifs (C(OH)–C–C–N with tert-alkyl or cyclic N) is 1. The molecule has 0 aromatic heterocycles. The first kappa shape index (κ1) is 22.6. The smallest absolute Gasteiger partial charge is 0.0897 e. The molecule has 0 saturated carbocycles. The van der Waals surface area contributed by atoms with Crippen LogP contribution in [0.3, 0.4) is 0 Å². The van der Waals surface area contributed by atoms with Crippen LogP contribution in [0.15, 0.2) is 60.7 Å². The molecule has 0 saturated heterocycles. The van der Waals surface area contributed by atoms with Gasteiger partial charge in [0, 0.05) is 18.0 Å². The normalized spacial score (nSPS) is 13.7. The van der Waals surface area contributed by atoms with Crippen molar-refractivity contribution in [3.8, 4) is 0 Å². The van der Waals surface area contributed by atoms with Crippen LogP contribution >= 0.6 is 0 Å². The zero-order valence-electron chi connectivity index (χ0n) is 18.1. The van der Waals surface area contributed by atoms with Crippen LogP contribution in [0, 0.1) is 5.41 Å². The van der Waals surface area contributed by atoms with Gasteiger partial charge in [-0.3, -0.25) is 0 Å². The van der Waals surface area contributed by atoms with Gasteiger partial charge in [0.1, 0.15) is 0 Å². The first-order valence-electron chi connectivity index (χ1n) is 10.3. The lowest BCUT2D eigenvalue weighted by atomic mass is 9.82. The Morgan fingerprint density at radius 1 is 0.821 bits per heavy atom. The van der Waals surface area contributed by atoms with E-state index < -0.39 is 6.10 Å². The minimum Gasteiger partial charge on any atom is -0.389 e. The summed E-state index contributed by atoms with van der Waals surface area (Å²) in [6.07, 6.45) is 0.518. The number of ether oxygens (including phenoxy) is 1. The Kier molecular flexibility index (Phi) is 8.23. The summed E-state index contributed by atoms with van der Waals surface area (Å²) in [4.78, 5) is 0. The van der Waals surface area contributed by atoms with Gasteiger partial charge < -0.3 is 15.2 Å². The van der Waals surface area contributed by atoms with E-state index >= 15 is 0 Å². The quantitative estimate of drug-likeness (QED) is 0.607. The second-order valence-corrected chi connectivity index (χ2v) is 9.57. The van der Waals surface area contributed by atoms with Crippen molar-refractivity contribution in [2.24, 2.45) is 5.41 Å². The highest BCUT2D eigenvalue weighted by Gasteiger charge is 2.25. The average Bonchev–Trinajstić information content (AvgIpc) is 2.63. The molecule has 0 aliphatic rings. The van der Waals surface area contributed by atoms with Crippen LogP contribution in [-0.2, 0) is 4.74 Å². The van der Waals surface area contributed by atoms with Crippen molar-refractivity contribution in [2.45, 2.75) is 58.6 Å². The third kappa shape index (κ3) is 8.14. The second-order valence-electron chi connectivity index (χ2n) is 9.57. The molecule has 0 aliphatic carbocycles. The Bertz CT molecular complexity index is 637. The molecular formula is C25H37NO2. The van der Waals surface area contributed by atoms with Gasteiger partial charge in [0.25, 0.3) is 0 Å². The molecule has 0 aliphatic heterocycles. The van der Waals surface area contributed by atoms with Gasteiger partial charge in [0.15, 0.2) is 0 Å². The fourth-order valence-electron chi connectivity index (χ4n) is 3.92. The molecule has 3 nitrogen and oxygen atoms in total. The van der Waals surface area contributed by atoms with Gasteiger partial charge in [-0.25, -0.2) is 0 Å². The van der Waals surface area contributed by atoms with Gasteiger partial charge in [0.2, 0.25) is 0 Å². The van der Waals surface area contributed by atoms with Gasteiger partial charge in [-0.2, -0.15) is 0 Å². The van der Waals surface area contributed by atoms with Crippen LogP contribution in [0.5, 0.6) is 0 Å². The van der Waals surface area contributed by atoms with E-state index in [-0.39, 0.29) is 16.9 Å². The van der Waals surface area contributed by atoms with Crippen molar-refractivity contribution >= 4 is 0 Å². The molecule has 2 aromatic rings. The fraction of sp³-hybridized carbons (Fsp3) is 0.520. The number of aliphatic hydroxyl groups excluding tert-OH is 1. The molecule has 0 radical (unpaired) electrons. The molecule has 2 rings (SSSR count). The monoisotopic (exact) mass is 383 g/mol. The Labute approximate surface area is 171 Å². The topological polar surface area (TPSA) is 41.5 Å². The van der Waals surface area contributed by atoms with Gasteiger partial charge >= 0.3 is 0 Å². The standard InChI is InChI=1S/C25H37NO2/c1-24(2,3)19-25(4,5)26-16-22(27)17-28-18-23(20-12-8-6-9-13-20)21-14-10-7-11-15-21/h6-15,22-23,26-27H,16-19H2,1-5H3/t22-/m0/s1. The summed E-state index contributed by atoms with van der Waals surface area (Å²) in [6, 6.07) is 20.8. The van der Waals surface area contributed by atoms with E-state index in [1.807, 2.05) is 12.1 Å². The van der Waals surface area contributed by atoms with E-state index in [0.717, 1.165) is 6.42 Å². The molecule has 0 heterocycles. The number of hydrogen-bond donors (Lipinski definition) is 2. The molecule has 1 atom stereocenters. The van der Waals surface area contributed by atoms with Crippen molar-refractivity contribution in [3.05, 3.63) is 71.8 Å². The van der Waals surface area contributed by atoms with Gasteiger partial charge in [-0.15, -0.1) is 0 Å². The largest absolute Gasteiger partial charge is 0.389 e. The Morgan fingerprint density at radius 3 is 1.79 bits per heavy atom. The Morgan fingerprint density at radius 2 is 1.32 bits per heavy atom. The Hall–Kier alpha value is -1.68. The number of benzene rings is 2. The van der Waals surface area contributed by atoms with Gasteiger partial charge in [0.05, 0.1) is 19.3 Å². The average molecular weight is 384 g/mol. The predicted molar refractivity (Wildman–Crippen MR) is 118 cm³/mol.